The number of ether oxygens (including phenoxy) is 2. The van der Waals surface area contributed by atoms with E-state index in [1.54, 1.807) is 6.20 Å². The molecule has 1 saturated heterocycles. The van der Waals surface area contributed by atoms with Gasteiger partial charge in [-0.2, -0.15) is 0 Å². The van der Waals surface area contributed by atoms with E-state index in [2.05, 4.69) is 47.9 Å². The molecule has 2 heterocycles. The lowest BCUT2D eigenvalue weighted by atomic mass is 10.3. The van der Waals surface area contributed by atoms with E-state index in [9.17, 15) is 0 Å². The van der Waals surface area contributed by atoms with Crippen LogP contribution in [0.4, 0.5) is 5.69 Å². The first-order valence-corrected chi connectivity index (χ1v) is 10.7. The highest BCUT2D eigenvalue weighted by Crippen LogP contribution is 2.30. The zero-order valence-electron chi connectivity index (χ0n) is 10.3. The minimum atomic E-state index is 0.460. The number of anilines is 1. The van der Waals surface area contributed by atoms with E-state index in [4.69, 9.17) is 14.0 Å². The van der Waals surface area contributed by atoms with Crippen molar-refractivity contribution in [3.8, 4) is 5.88 Å². The second-order valence-corrected chi connectivity index (χ2v) is 6.53. The number of aromatic nitrogens is 1. The first-order chi connectivity index (χ1) is 9.31. The quantitative estimate of drug-likeness (QED) is 0.371. The molecule has 0 N–H and O–H groups in total. The molecular weight excluding hydrogens is 446 g/mol. The standard InChI is InChI=1S/C11H15BrIN2O3P/c12-9-7-10(15-1-3-16-4-2-15)11(14-8-9)17-5-6-18-19-13/h7-8,19H,1-6H2. The lowest BCUT2D eigenvalue weighted by molar-refractivity contribution is 0.122. The number of morpholine rings is 1. The van der Waals surface area contributed by atoms with Crippen molar-refractivity contribution in [1.82, 2.24) is 4.98 Å². The third-order valence-electron chi connectivity index (χ3n) is 2.63. The van der Waals surface area contributed by atoms with E-state index in [0.717, 1.165) is 36.5 Å². The molecule has 0 radical (unpaired) electrons. The van der Waals surface area contributed by atoms with Crippen LogP contribution in [0.3, 0.4) is 0 Å². The first kappa shape index (κ1) is 15.7. The number of rotatable bonds is 6. The maximum Gasteiger partial charge on any atom is 0.237 e. The molecule has 0 spiro atoms. The van der Waals surface area contributed by atoms with Crippen molar-refractivity contribution >= 4 is 50.1 Å². The van der Waals surface area contributed by atoms with E-state index < -0.39 is 0 Å². The van der Waals surface area contributed by atoms with Crippen molar-refractivity contribution in [3.05, 3.63) is 16.7 Å². The third-order valence-corrected chi connectivity index (χ3v) is 4.31. The van der Waals surface area contributed by atoms with Crippen LogP contribution in [-0.4, -0.2) is 44.5 Å². The smallest absolute Gasteiger partial charge is 0.237 e. The lowest BCUT2D eigenvalue weighted by Gasteiger charge is -2.29. The van der Waals surface area contributed by atoms with Gasteiger partial charge < -0.3 is 18.9 Å². The van der Waals surface area contributed by atoms with Crippen LogP contribution in [0.15, 0.2) is 16.7 Å². The van der Waals surface area contributed by atoms with E-state index in [0.29, 0.717) is 25.5 Å². The van der Waals surface area contributed by atoms with Gasteiger partial charge in [-0.25, -0.2) is 4.98 Å². The Morgan fingerprint density at radius 2 is 2.21 bits per heavy atom. The molecule has 2 rings (SSSR count). The van der Waals surface area contributed by atoms with Crippen LogP contribution in [0.2, 0.25) is 0 Å². The molecule has 0 bridgehead atoms. The summed E-state index contributed by atoms with van der Waals surface area (Å²) in [6.07, 6.45) is 1.75. The van der Waals surface area contributed by atoms with E-state index in [-0.39, 0.29) is 0 Å². The molecule has 0 saturated carbocycles. The van der Waals surface area contributed by atoms with Crippen molar-refractivity contribution in [2.75, 3.05) is 44.4 Å². The van der Waals surface area contributed by atoms with Crippen LogP contribution >= 0.6 is 44.4 Å². The van der Waals surface area contributed by atoms with Gasteiger partial charge in [0, 0.05) is 23.8 Å². The van der Waals surface area contributed by atoms with Gasteiger partial charge >= 0.3 is 0 Å². The van der Waals surface area contributed by atoms with E-state index >= 15 is 0 Å². The van der Waals surface area contributed by atoms with Gasteiger partial charge in [-0.05, 0) is 44.0 Å². The predicted molar refractivity (Wildman–Crippen MR) is 88.8 cm³/mol. The van der Waals surface area contributed by atoms with Crippen molar-refractivity contribution in [2.24, 2.45) is 0 Å². The van der Waals surface area contributed by atoms with Crippen LogP contribution in [0.25, 0.3) is 0 Å². The molecule has 1 aromatic heterocycles. The van der Waals surface area contributed by atoms with Crippen molar-refractivity contribution < 1.29 is 14.0 Å². The Labute approximate surface area is 135 Å². The summed E-state index contributed by atoms with van der Waals surface area (Å²) in [5.41, 5.74) is 1.01. The molecule has 0 aliphatic carbocycles. The molecule has 106 valence electrons. The number of nitrogens with zero attached hydrogens (tertiary/aromatic N) is 2. The van der Waals surface area contributed by atoms with E-state index in [1.165, 1.54) is 0 Å². The summed E-state index contributed by atoms with van der Waals surface area (Å²) < 4.78 is 17.3. The second kappa shape index (κ2) is 8.56. The van der Waals surface area contributed by atoms with Gasteiger partial charge in [-0.3, -0.25) is 0 Å². The molecule has 5 nitrogen and oxygen atoms in total. The van der Waals surface area contributed by atoms with Crippen LogP contribution in [0.5, 0.6) is 5.88 Å². The van der Waals surface area contributed by atoms with Gasteiger partial charge in [-0.1, -0.05) is 0 Å². The summed E-state index contributed by atoms with van der Waals surface area (Å²) in [5.74, 6) is 0.658. The summed E-state index contributed by atoms with van der Waals surface area (Å²) in [7, 11) is 0. The number of halogens is 2. The van der Waals surface area contributed by atoms with Crippen LogP contribution in [-0.2, 0) is 9.26 Å². The van der Waals surface area contributed by atoms with Crippen LogP contribution < -0.4 is 9.64 Å². The fraction of sp³-hybridized carbons (Fsp3) is 0.545. The SMILES string of the molecule is Brc1cnc(OCCOPI)c(N2CCOCC2)c1. The molecule has 1 aliphatic rings. The maximum absolute atomic E-state index is 5.71. The molecular formula is C11H15BrIN2O3P. The molecule has 8 heteroatoms. The highest BCUT2D eigenvalue weighted by molar-refractivity contribution is 14.2. The minimum absolute atomic E-state index is 0.460. The average molecular weight is 461 g/mol. The molecule has 1 aromatic rings. The number of hydrogen-bond acceptors (Lipinski definition) is 5. The normalized spacial score (nSPS) is 16.2. The molecule has 1 atom stereocenters. The Bertz CT molecular complexity index is 408. The largest absolute Gasteiger partial charge is 0.474 e. The summed E-state index contributed by atoms with van der Waals surface area (Å²) in [6.45, 7) is 4.77. The predicted octanol–water partition coefficient (Wildman–Crippen LogP) is 3.02. The van der Waals surface area contributed by atoms with Crippen molar-refractivity contribution in [3.63, 3.8) is 0 Å². The summed E-state index contributed by atoms with van der Waals surface area (Å²) >= 11 is 5.65. The van der Waals surface area contributed by atoms with Gasteiger partial charge in [0.15, 0.2) is 0 Å². The minimum Gasteiger partial charge on any atom is -0.474 e. The Morgan fingerprint density at radius 3 is 2.95 bits per heavy atom. The highest BCUT2D eigenvalue weighted by Gasteiger charge is 2.17. The fourth-order valence-corrected chi connectivity index (χ4v) is 2.92. The van der Waals surface area contributed by atoms with Gasteiger partial charge in [0.25, 0.3) is 0 Å². The van der Waals surface area contributed by atoms with Crippen LogP contribution in [0.1, 0.15) is 0 Å². The fourth-order valence-electron chi connectivity index (χ4n) is 1.78. The lowest BCUT2D eigenvalue weighted by Crippen LogP contribution is -2.36. The topological polar surface area (TPSA) is 43.8 Å². The van der Waals surface area contributed by atoms with E-state index in [1.807, 2.05) is 6.07 Å². The molecule has 19 heavy (non-hydrogen) atoms. The monoisotopic (exact) mass is 460 g/mol. The number of pyridine rings is 1. The Hall–Kier alpha value is 0.310. The first-order valence-electron chi connectivity index (χ1n) is 5.89. The Morgan fingerprint density at radius 1 is 1.42 bits per heavy atom. The summed E-state index contributed by atoms with van der Waals surface area (Å²) in [4.78, 5) is 6.58. The average Bonchev–Trinajstić information content (AvgIpc) is 2.46. The summed E-state index contributed by atoms with van der Waals surface area (Å²) in [6, 6.07) is 2.04. The summed E-state index contributed by atoms with van der Waals surface area (Å²) in [5, 5.41) is 0. The van der Waals surface area contributed by atoms with Gasteiger partial charge in [0.2, 0.25) is 5.88 Å². The molecule has 1 unspecified atom stereocenters. The molecule has 1 fully saturated rings. The Kier molecular flexibility index (Phi) is 7.07. The van der Waals surface area contributed by atoms with Crippen LogP contribution in [0, 0.1) is 0 Å². The van der Waals surface area contributed by atoms with Crippen molar-refractivity contribution in [2.45, 2.75) is 0 Å². The van der Waals surface area contributed by atoms with Gasteiger partial charge in [0.1, 0.15) is 12.3 Å². The van der Waals surface area contributed by atoms with Gasteiger partial charge in [0.05, 0.1) is 26.3 Å². The zero-order valence-corrected chi connectivity index (χ0v) is 15.0. The molecule has 1 aliphatic heterocycles. The second-order valence-electron chi connectivity index (χ2n) is 3.85. The van der Waals surface area contributed by atoms with Crippen molar-refractivity contribution in [1.29, 1.82) is 0 Å². The third kappa shape index (κ3) is 4.97. The zero-order chi connectivity index (χ0) is 13.5. The number of hydrogen-bond donors (Lipinski definition) is 0. The Balaban J connectivity index is 2.03. The molecule has 0 aromatic carbocycles. The maximum atomic E-state index is 5.71. The highest BCUT2D eigenvalue weighted by atomic mass is 127. The molecule has 0 amide bonds. The van der Waals surface area contributed by atoms with Gasteiger partial charge in [-0.15, -0.1) is 0 Å².